The fourth-order valence-electron chi connectivity index (χ4n) is 1.80. The average molecular weight is 285 g/mol. The van der Waals surface area contributed by atoms with Gasteiger partial charge in [0.25, 0.3) is 5.91 Å². The molecule has 1 aromatic carbocycles. The second-order valence-corrected chi connectivity index (χ2v) is 4.88. The molecule has 0 fully saturated rings. The highest BCUT2D eigenvalue weighted by Gasteiger charge is 2.03. The van der Waals surface area contributed by atoms with Gasteiger partial charge in [-0.1, -0.05) is 12.1 Å². The molecule has 6 heteroatoms. The van der Waals surface area contributed by atoms with Crippen LogP contribution in [-0.4, -0.2) is 35.8 Å². The summed E-state index contributed by atoms with van der Waals surface area (Å²) in [6.45, 7) is 2.06. The topological polar surface area (TPSA) is 62.5 Å². The molecular formula is C15H19N5O. The summed E-state index contributed by atoms with van der Waals surface area (Å²) in [4.78, 5) is 17.8. The third-order valence-corrected chi connectivity index (χ3v) is 3.05. The summed E-state index contributed by atoms with van der Waals surface area (Å²) in [7, 11) is 3.98. The van der Waals surface area contributed by atoms with Gasteiger partial charge >= 0.3 is 0 Å². The van der Waals surface area contributed by atoms with Gasteiger partial charge in [-0.2, -0.15) is 5.10 Å². The minimum Gasteiger partial charge on any atom is -0.378 e. The predicted molar refractivity (Wildman–Crippen MR) is 83.5 cm³/mol. The van der Waals surface area contributed by atoms with E-state index in [4.69, 9.17) is 0 Å². The van der Waals surface area contributed by atoms with Crippen molar-refractivity contribution >= 4 is 17.8 Å². The number of carbonyl (C=O) groups excluding carboxylic acids is 1. The third-order valence-electron chi connectivity index (χ3n) is 3.05. The molecule has 0 saturated heterocycles. The van der Waals surface area contributed by atoms with Gasteiger partial charge in [-0.3, -0.25) is 4.79 Å². The molecule has 0 aliphatic heterocycles. The van der Waals surface area contributed by atoms with Gasteiger partial charge in [-0.15, -0.1) is 0 Å². The molecule has 1 N–H and O–H groups in total. The minimum absolute atomic E-state index is 0.183. The van der Waals surface area contributed by atoms with Crippen molar-refractivity contribution in [1.82, 2.24) is 15.0 Å². The Morgan fingerprint density at radius 3 is 2.67 bits per heavy atom. The van der Waals surface area contributed by atoms with Crippen LogP contribution in [-0.2, 0) is 11.3 Å². The van der Waals surface area contributed by atoms with E-state index in [9.17, 15) is 4.79 Å². The number of hydrazone groups is 1. The van der Waals surface area contributed by atoms with E-state index in [0.717, 1.165) is 17.1 Å². The second-order valence-electron chi connectivity index (χ2n) is 4.88. The van der Waals surface area contributed by atoms with Gasteiger partial charge in [0, 0.05) is 32.2 Å². The molecule has 0 spiro atoms. The lowest BCUT2D eigenvalue weighted by atomic mass is 10.2. The summed E-state index contributed by atoms with van der Waals surface area (Å²) < 4.78 is 1.76. The van der Waals surface area contributed by atoms with Crippen LogP contribution in [0.5, 0.6) is 0 Å². The van der Waals surface area contributed by atoms with Gasteiger partial charge in [0.1, 0.15) is 12.4 Å². The van der Waals surface area contributed by atoms with Crippen molar-refractivity contribution in [1.29, 1.82) is 0 Å². The first-order valence-electron chi connectivity index (χ1n) is 6.63. The number of carbonyl (C=O) groups is 1. The fourth-order valence-corrected chi connectivity index (χ4v) is 1.80. The van der Waals surface area contributed by atoms with E-state index in [0.29, 0.717) is 0 Å². The van der Waals surface area contributed by atoms with E-state index in [2.05, 4.69) is 15.5 Å². The number of nitrogens with one attached hydrogen (secondary N) is 1. The Bertz CT molecular complexity index is 628. The standard InChI is InChI=1S/C15H19N5O/c1-12-16-8-9-20(12)11-15(21)18-17-10-13-4-6-14(7-5-13)19(2)3/h4-10H,11H2,1-3H3,(H,18,21). The molecule has 1 amide bonds. The van der Waals surface area contributed by atoms with E-state index in [1.807, 2.05) is 50.2 Å². The first-order valence-corrected chi connectivity index (χ1v) is 6.63. The number of imidazole rings is 1. The van der Waals surface area contributed by atoms with Crippen LogP contribution in [0.2, 0.25) is 0 Å². The highest BCUT2D eigenvalue weighted by Crippen LogP contribution is 2.10. The summed E-state index contributed by atoms with van der Waals surface area (Å²) in [5.74, 6) is 0.616. The van der Waals surface area contributed by atoms with Gasteiger partial charge in [-0.05, 0) is 24.6 Å². The second kappa shape index (κ2) is 6.69. The highest BCUT2D eigenvalue weighted by molar-refractivity contribution is 5.82. The molecule has 21 heavy (non-hydrogen) atoms. The van der Waals surface area contributed by atoms with Crippen LogP contribution < -0.4 is 10.3 Å². The normalized spacial score (nSPS) is 10.8. The van der Waals surface area contributed by atoms with Gasteiger partial charge in [0.2, 0.25) is 0 Å². The summed E-state index contributed by atoms with van der Waals surface area (Å²) in [6, 6.07) is 7.89. The van der Waals surface area contributed by atoms with E-state index in [1.54, 1.807) is 23.2 Å². The number of rotatable bonds is 5. The van der Waals surface area contributed by atoms with Crippen LogP contribution in [0.1, 0.15) is 11.4 Å². The quantitative estimate of drug-likeness (QED) is 0.667. The van der Waals surface area contributed by atoms with Crippen LogP contribution >= 0.6 is 0 Å². The van der Waals surface area contributed by atoms with Crippen molar-refractivity contribution in [3.05, 3.63) is 48.0 Å². The van der Waals surface area contributed by atoms with E-state index >= 15 is 0 Å². The van der Waals surface area contributed by atoms with Crippen LogP contribution in [0.15, 0.2) is 41.8 Å². The van der Waals surface area contributed by atoms with Crippen LogP contribution in [0, 0.1) is 6.92 Å². The third kappa shape index (κ3) is 4.17. The number of anilines is 1. The monoisotopic (exact) mass is 285 g/mol. The van der Waals surface area contributed by atoms with Crippen molar-refractivity contribution in [3.8, 4) is 0 Å². The Balaban J connectivity index is 1.87. The molecule has 2 aromatic rings. The van der Waals surface area contributed by atoms with Gasteiger partial charge in [0.05, 0.1) is 6.21 Å². The summed E-state index contributed by atoms with van der Waals surface area (Å²) in [5.41, 5.74) is 4.55. The van der Waals surface area contributed by atoms with Crippen molar-refractivity contribution in [2.75, 3.05) is 19.0 Å². The molecule has 1 aromatic heterocycles. The first kappa shape index (κ1) is 14.8. The Morgan fingerprint density at radius 2 is 2.10 bits per heavy atom. The maximum absolute atomic E-state index is 11.7. The molecule has 0 aliphatic rings. The Labute approximate surface area is 124 Å². The van der Waals surface area contributed by atoms with Crippen LogP contribution in [0.3, 0.4) is 0 Å². The minimum atomic E-state index is -0.183. The first-order chi connectivity index (χ1) is 10.1. The highest BCUT2D eigenvalue weighted by atomic mass is 16.2. The zero-order valence-corrected chi connectivity index (χ0v) is 12.4. The number of benzene rings is 1. The van der Waals surface area contributed by atoms with E-state index < -0.39 is 0 Å². The number of aryl methyl sites for hydroxylation is 1. The molecule has 0 radical (unpaired) electrons. The molecule has 0 unspecified atom stereocenters. The maximum Gasteiger partial charge on any atom is 0.260 e. The van der Waals surface area contributed by atoms with Gasteiger partial charge in [0.15, 0.2) is 0 Å². The number of nitrogens with zero attached hydrogens (tertiary/aromatic N) is 4. The van der Waals surface area contributed by atoms with Crippen LogP contribution in [0.4, 0.5) is 5.69 Å². The molecule has 0 aliphatic carbocycles. The fraction of sp³-hybridized carbons (Fsp3) is 0.267. The zero-order chi connectivity index (χ0) is 15.2. The van der Waals surface area contributed by atoms with E-state index in [1.165, 1.54) is 0 Å². The largest absolute Gasteiger partial charge is 0.378 e. The molecule has 2 rings (SSSR count). The summed E-state index contributed by atoms with van der Waals surface area (Å²) in [5, 5.41) is 3.95. The van der Waals surface area contributed by atoms with Crippen molar-refractivity contribution < 1.29 is 4.79 Å². The number of hydrogen-bond acceptors (Lipinski definition) is 4. The maximum atomic E-state index is 11.7. The average Bonchev–Trinajstić information content (AvgIpc) is 2.85. The van der Waals surface area contributed by atoms with Crippen LogP contribution in [0.25, 0.3) is 0 Å². The molecule has 6 nitrogen and oxygen atoms in total. The van der Waals surface area contributed by atoms with Gasteiger partial charge < -0.3 is 9.47 Å². The van der Waals surface area contributed by atoms with Gasteiger partial charge in [-0.25, -0.2) is 10.4 Å². The molecule has 110 valence electrons. The number of hydrogen-bond donors (Lipinski definition) is 1. The Morgan fingerprint density at radius 1 is 1.38 bits per heavy atom. The molecule has 0 saturated carbocycles. The van der Waals surface area contributed by atoms with E-state index in [-0.39, 0.29) is 12.5 Å². The number of amides is 1. The predicted octanol–water partition coefficient (Wildman–Crippen LogP) is 1.41. The van der Waals surface area contributed by atoms with Crippen molar-refractivity contribution in [2.45, 2.75) is 13.5 Å². The smallest absolute Gasteiger partial charge is 0.260 e. The van der Waals surface area contributed by atoms with Crippen molar-refractivity contribution in [3.63, 3.8) is 0 Å². The SMILES string of the molecule is Cc1nccn1CC(=O)NN=Cc1ccc(N(C)C)cc1. The summed E-state index contributed by atoms with van der Waals surface area (Å²) in [6.07, 6.45) is 5.05. The molecule has 1 heterocycles. The molecule has 0 atom stereocenters. The molecule has 0 bridgehead atoms. The lowest BCUT2D eigenvalue weighted by molar-refractivity contribution is -0.121. The lowest BCUT2D eigenvalue weighted by Crippen LogP contribution is -2.23. The molecular weight excluding hydrogens is 266 g/mol. The Hall–Kier alpha value is -2.63. The number of aromatic nitrogens is 2. The summed E-state index contributed by atoms with van der Waals surface area (Å²) >= 11 is 0. The Kier molecular flexibility index (Phi) is 4.71. The zero-order valence-electron chi connectivity index (χ0n) is 12.4. The lowest BCUT2D eigenvalue weighted by Gasteiger charge is -2.11. The van der Waals surface area contributed by atoms with Crippen molar-refractivity contribution in [2.24, 2.45) is 5.10 Å².